The molecular formula is C12H22N2Na2O8. The molecule has 0 rings (SSSR count). The molecule has 0 spiro atoms. The Hall–Kier alpha value is -0.200. The van der Waals surface area contributed by atoms with Crippen molar-refractivity contribution in [1.29, 1.82) is 0 Å². The molecule has 10 nitrogen and oxygen atoms in total. The van der Waals surface area contributed by atoms with Gasteiger partial charge in [-0.25, -0.2) is 0 Å². The van der Waals surface area contributed by atoms with Gasteiger partial charge in [-0.3, -0.25) is 19.2 Å². The van der Waals surface area contributed by atoms with E-state index < -0.39 is 61.0 Å². The molecule has 0 fully saturated rings. The summed E-state index contributed by atoms with van der Waals surface area (Å²) in [5.74, 6) is -5.53. The molecular weight excluding hydrogens is 346 g/mol. The molecule has 0 aliphatic rings. The zero-order valence-corrected chi connectivity index (χ0v) is 17.8. The fraction of sp³-hybridized carbons (Fsp3) is 0.667. The van der Waals surface area contributed by atoms with Crippen LogP contribution in [0.3, 0.4) is 0 Å². The van der Waals surface area contributed by atoms with Gasteiger partial charge in [0.05, 0.1) is 25.7 Å². The molecule has 0 aliphatic carbocycles. The molecule has 1 atom stereocenters. The second-order valence-corrected chi connectivity index (χ2v) is 4.97. The van der Waals surface area contributed by atoms with Crippen molar-refractivity contribution in [1.82, 2.24) is 5.32 Å². The van der Waals surface area contributed by atoms with Crippen LogP contribution in [0.25, 0.3) is 0 Å². The maximum atomic E-state index is 11.1. The van der Waals surface area contributed by atoms with Crippen LogP contribution in [-0.4, -0.2) is 63.4 Å². The summed E-state index contributed by atoms with van der Waals surface area (Å²) in [7, 11) is 0. The molecule has 0 saturated carbocycles. The quantitative estimate of drug-likeness (QED) is 0.181. The molecule has 7 N–H and O–H groups in total. The fourth-order valence-corrected chi connectivity index (χ4v) is 2.40. The van der Waals surface area contributed by atoms with Crippen molar-refractivity contribution in [2.24, 2.45) is 11.1 Å². The minimum absolute atomic E-state index is 0. The SMILES string of the molecule is NCCNC(CC(=O)O)C(CC(=O)O)(CC(=O)O)CC(=O)O.[H-].[H-].[Na+].[Na+]. The molecule has 0 heterocycles. The van der Waals surface area contributed by atoms with Gasteiger partial charge in [-0.05, 0) is 0 Å². The van der Waals surface area contributed by atoms with Crippen molar-refractivity contribution < 1.29 is 102 Å². The number of carboxylic acids is 4. The summed E-state index contributed by atoms with van der Waals surface area (Å²) >= 11 is 0. The summed E-state index contributed by atoms with van der Waals surface area (Å²) in [4.78, 5) is 44.1. The van der Waals surface area contributed by atoms with Gasteiger partial charge in [0.2, 0.25) is 0 Å². The molecule has 0 amide bonds. The van der Waals surface area contributed by atoms with Crippen LogP contribution in [-0.2, 0) is 19.2 Å². The third kappa shape index (κ3) is 11.4. The Bertz CT molecular complexity index is 416. The van der Waals surface area contributed by atoms with Crippen molar-refractivity contribution in [2.45, 2.75) is 31.7 Å². The monoisotopic (exact) mass is 368 g/mol. The summed E-state index contributed by atoms with van der Waals surface area (Å²) in [5, 5.41) is 38.6. The van der Waals surface area contributed by atoms with Crippen molar-refractivity contribution in [3.8, 4) is 0 Å². The van der Waals surface area contributed by atoms with Crippen LogP contribution in [0.1, 0.15) is 28.5 Å². The van der Waals surface area contributed by atoms with E-state index >= 15 is 0 Å². The first kappa shape index (κ1) is 28.6. The molecule has 0 saturated heterocycles. The van der Waals surface area contributed by atoms with Crippen LogP contribution in [0.15, 0.2) is 0 Å². The van der Waals surface area contributed by atoms with Crippen LogP contribution in [0.4, 0.5) is 0 Å². The van der Waals surface area contributed by atoms with Gasteiger partial charge in [-0.15, -0.1) is 0 Å². The van der Waals surface area contributed by atoms with E-state index in [1.54, 1.807) is 0 Å². The van der Waals surface area contributed by atoms with E-state index in [0.717, 1.165) is 0 Å². The third-order valence-electron chi connectivity index (χ3n) is 3.16. The predicted molar refractivity (Wildman–Crippen MR) is 74.5 cm³/mol. The van der Waals surface area contributed by atoms with E-state index in [-0.39, 0.29) is 75.1 Å². The average Bonchev–Trinajstić information content (AvgIpc) is 2.30. The second-order valence-electron chi connectivity index (χ2n) is 4.97. The maximum Gasteiger partial charge on any atom is 1.00 e. The summed E-state index contributed by atoms with van der Waals surface area (Å²) in [6, 6.07) is -1.16. The second kappa shape index (κ2) is 14.0. The Morgan fingerprint density at radius 2 is 1.25 bits per heavy atom. The van der Waals surface area contributed by atoms with E-state index in [4.69, 9.17) is 26.2 Å². The number of hydrogen-bond acceptors (Lipinski definition) is 6. The smallest absolute Gasteiger partial charge is 1.00 e. The van der Waals surface area contributed by atoms with Gasteiger partial charge in [-0.2, -0.15) is 0 Å². The Kier molecular flexibility index (Phi) is 16.7. The number of nitrogens with two attached hydrogens (primary N) is 1. The normalized spacial score (nSPS) is 11.5. The maximum absolute atomic E-state index is 11.1. The molecule has 12 heteroatoms. The minimum atomic E-state index is -1.78. The zero-order chi connectivity index (χ0) is 17.3. The van der Waals surface area contributed by atoms with Crippen LogP contribution < -0.4 is 70.2 Å². The Labute approximate surface area is 185 Å². The summed E-state index contributed by atoms with van der Waals surface area (Å²) in [6.07, 6.45) is -2.99. The first-order valence-corrected chi connectivity index (χ1v) is 6.43. The van der Waals surface area contributed by atoms with E-state index in [1.165, 1.54) is 0 Å². The molecule has 0 bridgehead atoms. The fourth-order valence-electron chi connectivity index (χ4n) is 2.40. The van der Waals surface area contributed by atoms with Gasteiger partial charge in [0.15, 0.2) is 0 Å². The van der Waals surface area contributed by atoms with E-state index in [9.17, 15) is 19.2 Å². The summed E-state index contributed by atoms with van der Waals surface area (Å²) < 4.78 is 0. The third-order valence-corrected chi connectivity index (χ3v) is 3.16. The number of nitrogens with one attached hydrogen (secondary N) is 1. The first-order valence-electron chi connectivity index (χ1n) is 6.43. The van der Waals surface area contributed by atoms with E-state index in [1.807, 2.05) is 0 Å². The van der Waals surface area contributed by atoms with Crippen LogP contribution in [0.2, 0.25) is 0 Å². The Balaban J connectivity index is -0.000000367. The summed E-state index contributed by atoms with van der Waals surface area (Å²) in [5.41, 5.74) is 3.52. The largest absolute Gasteiger partial charge is 1.00 e. The van der Waals surface area contributed by atoms with Gasteiger partial charge in [0.25, 0.3) is 0 Å². The number of rotatable bonds is 12. The van der Waals surface area contributed by atoms with Gasteiger partial charge in [0, 0.05) is 24.5 Å². The molecule has 24 heavy (non-hydrogen) atoms. The van der Waals surface area contributed by atoms with Crippen molar-refractivity contribution in [3.05, 3.63) is 0 Å². The molecule has 0 aromatic heterocycles. The first-order chi connectivity index (χ1) is 10.1. The Morgan fingerprint density at radius 3 is 1.50 bits per heavy atom. The van der Waals surface area contributed by atoms with Gasteiger partial charge in [-0.1, -0.05) is 0 Å². The standard InChI is InChI=1S/C12H20N2O8.2Na.2H/c13-1-2-14-7(3-8(15)16)12(4-9(17)18,5-10(19)20)6-11(21)22;;;;/h7,14H,1-6,13H2,(H,15,16)(H,17,18)(H,19,20)(H,21,22);;;;/q;2*+1;2*-1. The van der Waals surface area contributed by atoms with Gasteiger partial charge < -0.3 is 34.3 Å². The van der Waals surface area contributed by atoms with E-state index in [2.05, 4.69) is 5.32 Å². The topological polar surface area (TPSA) is 187 Å². The zero-order valence-electron chi connectivity index (χ0n) is 15.8. The van der Waals surface area contributed by atoms with E-state index in [0.29, 0.717) is 0 Å². The van der Waals surface area contributed by atoms with Crippen LogP contribution in [0, 0.1) is 5.41 Å². The number of carbonyl (C=O) groups is 4. The molecule has 1 unspecified atom stereocenters. The number of carboxylic acid groups (broad SMARTS) is 4. The predicted octanol–water partition coefficient (Wildman–Crippen LogP) is -6.98. The van der Waals surface area contributed by atoms with Crippen LogP contribution in [0.5, 0.6) is 0 Å². The molecule has 0 aliphatic heterocycles. The summed E-state index contributed by atoms with van der Waals surface area (Å²) in [6.45, 7) is 0.192. The minimum Gasteiger partial charge on any atom is -1.00 e. The van der Waals surface area contributed by atoms with Gasteiger partial charge in [0.1, 0.15) is 0 Å². The van der Waals surface area contributed by atoms with Gasteiger partial charge >= 0.3 is 83.0 Å². The molecule has 0 aromatic carbocycles. The Morgan fingerprint density at radius 1 is 0.875 bits per heavy atom. The van der Waals surface area contributed by atoms with Crippen molar-refractivity contribution >= 4 is 23.9 Å². The number of hydrogen-bond donors (Lipinski definition) is 6. The average molecular weight is 368 g/mol. The number of aliphatic carboxylic acids is 4. The molecule has 0 aromatic rings. The van der Waals surface area contributed by atoms with Crippen LogP contribution >= 0.6 is 0 Å². The molecule has 130 valence electrons. The molecule has 0 radical (unpaired) electrons. The van der Waals surface area contributed by atoms with Crippen molar-refractivity contribution in [2.75, 3.05) is 13.1 Å². The van der Waals surface area contributed by atoms with Crippen molar-refractivity contribution in [3.63, 3.8) is 0 Å².